The number of hydrogen-bond donors (Lipinski definition) is 5. The maximum absolute atomic E-state index is 11.8. The van der Waals surface area contributed by atoms with Gasteiger partial charge in [0.05, 0.1) is 45.7 Å². The fourth-order valence-corrected chi connectivity index (χ4v) is 3.08. The Balaban J connectivity index is 3.42. The molecule has 13 heteroatoms. The van der Waals surface area contributed by atoms with Gasteiger partial charge in [-0.3, -0.25) is 19.2 Å². The number of nitrogens with two attached hydrogens (primary N) is 1. The van der Waals surface area contributed by atoms with Crippen molar-refractivity contribution in [1.29, 1.82) is 0 Å². The first-order valence-electron chi connectivity index (χ1n) is 14.0. The summed E-state index contributed by atoms with van der Waals surface area (Å²) in [6.07, 6.45) is 5.33. The number of unbranched alkanes of at least 4 members (excludes halogenated alkanes) is 2. The van der Waals surface area contributed by atoms with Crippen LogP contribution >= 0.6 is 0 Å². The van der Waals surface area contributed by atoms with E-state index in [2.05, 4.69) is 28.2 Å². The van der Waals surface area contributed by atoms with Gasteiger partial charge in [0.25, 0.3) is 0 Å². The van der Waals surface area contributed by atoms with Crippen LogP contribution in [0.5, 0.6) is 0 Å². The highest BCUT2D eigenvalue weighted by molar-refractivity contribution is 5.81. The smallest absolute Gasteiger partial charge is 0.246 e. The topological polar surface area (TPSA) is 179 Å². The van der Waals surface area contributed by atoms with Gasteiger partial charge < -0.3 is 45.9 Å². The summed E-state index contributed by atoms with van der Waals surface area (Å²) in [5.74, 6) is -0.581. The number of hydrogen-bond acceptors (Lipinski definition) is 9. The van der Waals surface area contributed by atoms with Gasteiger partial charge in [-0.1, -0.05) is 20.3 Å². The molecular formula is C26H51N5O8. The van der Waals surface area contributed by atoms with E-state index in [9.17, 15) is 19.2 Å². The monoisotopic (exact) mass is 561 g/mol. The van der Waals surface area contributed by atoms with E-state index in [1.165, 1.54) is 0 Å². The maximum Gasteiger partial charge on any atom is 0.246 e. The van der Waals surface area contributed by atoms with Crippen molar-refractivity contribution < 1.29 is 38.1 Å². The minimum absolute atomic E-state index is 0.0136. The summed E-state index contributed by atoms with van der Waals surface area (Å²) in [6, 6.07) is -0.518. The van der Waals surface area contributed by atoms with Crippen LogP contribution in [-0.2, 0) is 38.1 Å². The van der Waals surface area contributed by atoms with Gasteiger partial charge in [0.15, 0.2) is 0 Å². The van der Waals surface area contributed by atoms with Crippen molar-refractivity contribution >= 4 is 23.6 Å². The second-order valence-corrected chi connectivity index (χ2v) is 8.88. The molecule has 0 saturated carbocycles. The highest BCUT2D eigenvalue weighted by Gasteiger charge is 2.12. The Labute approximate surface area is 233 Å². The molecule has 0 spiro atoms. The van der Waals surface area contributed by atoms with E-state index in [1.807, 2.05) is 6.92 Å². The molecule has 0 bridgehead atoms. The second kappa shape index (κ2) is 27.3. The molecule has 0 fully saturated rings. The molecule has 0 heterocycles. The zero-order valence-corrected chi connectivity index (χ0v) is 23.9. The predicted molar refractivity (Wildman–Crippen MR) is 147 cm³/mol. The zero-order valence-electron chi connectivity index (χ0n) is 23.9. The maximum atomic E-state index is 11.8. The SMILES string of the molecule is CCCCNC(=O)C(N)CCCCNC(=O)COCCOCCNC(=O)COCCOCCNC(=O)CCC. The molecule has 0 aromatic heterocycles. The van der Waals surface area contributed by atoms with Gasteiger partial charge in [0, 0.05) is 32.6 Å². The Kier molecular flexibility index (Phi) is 25.6. The zero-order chi connectivity index (χ0) is 29.0. The Morgan fingerprint density at radius 1 is 0.590 bits per heavy atom. The van der Waals surface area contributed by atoms with E-state index in [-0.39, 0.29) is 50.1 Å². The minimum atomic E-state index is -0.518. The van der Waals surface area contributed by atoms with Crippen molar-refractivity contribution in [3.63, 3.8) is 0 Å². The van der Waals surface area contributed by atoms with Crippen molar-refractivity contribution in [3.05, 3.63) is 0 Å². The van der Waals surface area contributed by atoms with Crippen LogP contribution in [0.4, 0.5) is 0 Å². The van der Waals surface area contributed by atoms with Crippen molar-refractivity contribution in [2.75, 3.05) is 79.0 Å². The fraction of sp³-hybridized carbons (Fsp3) is 0.846. The van der Waals surface area contributed by atoms with E-state index in [0.29, 0.717) is 65.4 Å². The first-order valence-corrected chi connectivity index (χ1v) is 14.0. The summed E-state index contributed by atoms with van der Waals surface area (Å²) >= 11 is 0. The Morgan fingerprint density at radius 3 is 1.67 bits per heavy atom. The highest BCUT2D eigenvalue weighted by atomic mass is 16.5. The molecule has 0 aromatic rings. The van der Waals surface area contributed by atoms with Gasteiger partial charge in [-0.05, 0) is 32.1 Å². The summed E-state index contributed by atoms with van der Waals surface area (Å²) in [5.41, 5.74) is 5.86. The molecule has 13 nitrogen and oxygen atoms in total. The molecule has 0 aliphatic carbocycles. The van der Waals surface area contributed by atoms with Gasteiger partial charge in [0.2, 0.25) is 23.6 Å². The molecule has 0 aliphatic rings. The Morgan fingerprint density at radius 2 is 1.10 bits per heavy atom. The summed E-state index contributed by atoms with van der Waals surface area (Å²) in [4.78, 5) is 46.5. The summed E-state index contributed by atoms with van der Waals surface area (Å²) < 4.78 is 21.2. The first kappa shape index (κ1) is 36.7. The largest absolute Gasteiger partial charge is 0.377 e. The van der Waals surface area contributed by atoms with Gasteiger partial charge in [0.1, 0.15) is 13.2 Å². The Bertz CT molecular complexity index is 654. The predicted octanol–water partition coefficient (Wildman–Crippen LogP) is -0.385. The van der Waals surface area contributed by atoms with Gasteiger partial charge >= 0.3 is 0 Å². The van der Waals surface area contributed by atoms with E-state index in [0.717, 1.165) is 32.1 Å². The first-order chi connectivity index (χ1) is 18.9. The van der Waals surface area contributed by atoms with Crippen LogP contribution in [0.25, 0.3) is 0 Å². The number of ether oxygens (including phenoxy) is 4. The van der Waals surface area contributed by atoms with Crippen molar-refractivity contribution in [3.8, 4) is 0 Å². The van der Waals surface area contributed by atoms with Crippen LogP contribution in [-0.4, -0.2) is 109 Å². The molecule has 228 valence electrons. The molecule has 0 aromatic carbocycles. The third-order valence-electron chi connectivity index (χ3n) is 5.25. The number of amides is 4. The second-order valence-electron chi connectivity index (χ2n) is 8.88. The average Bonchev–Trinajstić information content (AvgIpc) is 2.91. The average molecular weight is 562 g/mol. The number of rotatable bonds is 27. The molecule has 0 saturated heterocycles. The molecule has 4 amide bonds. The lowest BCUT2D eigenvalue weighted by atomic mass is 10.1. The van der Waals surface area contributed by atoms with Crippen molar-refractivity contribution in [2.24, 2.45) is 5.73 Å². The fourth-order valence-electron chi connectivity index (χ4n) is 3.08. The molecule has 39 heavy (non-hydrogen) atoms. The quantitative estimate of drug-likeness (QED) is 0.0835. The van der Waals surface area contributed by atoms with E-state index >= 15 is 0 Å². The van der Waals surface area contributed by atoms with E-state index in [1.54, 1.807) is 0 Å². The van der Waals surface area contributed by atoms with Crippen LogP contribution in [0.1, 0.15) is 58.8 Å². The number of nitrogens with one attached hydrogen (secondary N) is 4. The third-order valence-corrected chi connectivity index (χ3v) is 5.25. The van der Waals surface area contributed by atoms with Crippen LogP contribution in [0, 0.1) is 0 Å². The lowest BCUT2D eigenvalue weighted by Gasteiger charge is -2.12. The van der Waals surface area contributed by atoms with Crippen LogP contribution in [0.3, 0.4) is 0 Å². The van der Waals surface area contributed by atoms with Crippen LogP contribution in [0.2, 0.25) is 0 Å². The summed E-state index contributed by atoms with van der Waals surface area (Å²) in [6.45, 7) is 7.70. The lowest BCUT2D eigenvalue weighted by Crippen LogP contribution is -2.41. The number of carbonyl (C=O) groups is 4. The normalized spacial score (nSPS) is 11.6. The summed E-state index contributed by atoms with van der Waals surface area (Å²) in [7, 11) is 0. The lowest BCUT2D eigenvalue weighted by molar-refractivity contribution is -0.127. The molecule has 1 unspecified atom stereocenters. The molecule has 0 aliphatic heterocycles. The van der Waals surface area contributed by atoms with E-state index in [4.69, 9.17) is 24.7 Å². The van der Waals surface area contributed by atoms with Crippen molar-refractivity contribution in [2.45, 2.75) is 64.8 Å². The van der Waals surface area contributed by atoms with Crippen molar-refractivity contribution in [1.82, 2.24) is 21.3 Å². The standard InChI is InChI=1S/C26H51N5O8/c1-3-5-10-31-26(35)22(27)9-6-7-11-28-24(33)20-38-18-17-37-15-13-30-25(34)21-39-19-16-36-14-12-29-23(32)8-4-2/h22H,3-21,27H2,1-2H3,(H,28,33)(H,29,32)(H,30,34)(H,31,35). The van der Waals surface area contributed by atoms with Crippen LogP contribution in [0.15, 0.2) is 0 Å². The molecule has 0 rings (SSSR count). The van der Waals surface area contributed by atoms with Gasteiger partial charge in [-0.2, -0.15) is 0 Å². The third kappa shape index (κ3) is 25.7. The summed E-state index contributed by atoms with van der Waals surface area (Å²) in [5, 5.41) is 11.0. The Hall–Kier alpha value is -2.32. The molecule has 1 atom stereocenters. The molecule has 0 radical (unpaired) electrons. The molecular weight excluding hydrogens is 510 g/mol. The van der Waals surface area contributed by atoms with E-state index < -0.39 is 6.04 Å². The van der Waals surface area contributed by atoms with Crippen LogP contribution < -0.4 is 27.0 Å². The van der Waals surface area contributed by atoms with Gasteiger partial charge in [-0.15, -0.1) is 0 Å². The number of carbonyl (C=O) groups excluding carboxylic acids is 4. The highest BCUT2D eigenvalue weighted by Crippen LogP contribution is 1.99. The minimum Gasteiger partial charge on any atom is -0.377 e. The molecule has 6 N–H and O–H groups in total. The van der Waals surface area contributed by atoms with Gasteiger partial charge in [-0.25, -0.2) is 0 Å².